The van der Waals surface area contributed by atoms with Crippen molar-refractivity contribution in [1.29, 1.82) is 5.26 Å². The summed E-state index contributed by atoms with van der Waals surface area (Å²) in [5.74, 6) is -0.462. The first-order valence-corrected chi connectivity index (χ1v) is 4.84. The molecule has 0 saturated carbocycles. The molecule has 1 N–H and O–H groups in total. The molecule has 0 aliphatic heterocycles. The number of aryl methyl sites for hydroxylation is 1. The highest BCUT2D eigenvalue weighted by molar-refractivity contribution is 5.77. The van der Waals surface area contributed by atoms with Crippen molar-refractivity contribution in [2.24, 2.45) is 0 Å². The second kappa shape index (κ2) is 5.16. The smallest absolute Gasteiger partial charge is 0.221 e. The van der Waals surface area contributed by atoms with Gasteiger partial charge in [-0.05, 0) is 18.1 Å². The van der Waals surface area contributed by atoms with Crippen LogP contribution in [-0.2, 0) is 4.79 Å². The van der Waals surface area contributed by atoms with Gasteiger partial charge in [0.25, 0.3) is 0 Å². The Balaban J connectivity index is 2.89. The first kappa shape index (κ1) is 11.3. The first-order valence-electron chi connectivity index (χ1n) is 4.84. The van der Waals surface area contributed by atoms with Crippen LogP contribution in [0.5, 0.6) is 0 Å². The van der Waals surface area contributed by atoms with Gasteiger partial charge in [0.1, 0.15) is 0 Å². The molecule has 3 heteroatoms. The zero-order valence-electron chi connectivity index (χ0n) is 8.95. The molecule has 1 aromatic rings. The highest BCUT2D eigenvalue weighted by Crippen LogP contribution is 2.21. The fourth-order valence-electron chi connectivity index (χ4n) is 1.49. The summed E-state index contributed by atoms with van der Waals surface area (Å²) in [6.07, 6.45) is 0.220. The number of hydrogen-bond acceptors (Lipinski definition) is 2. The molecule has 0 radical (unpaired) electrons. The van der Waals surface area contributed by atoms with Crippen molar-refractivity contribution in [3.8, 4) is 6.07 Å². The predicted molar refractivity (Wildman–Crippen MR) is 58.2 cm³/mol. The van der Waals surface area contributed by atoms with Crippen LogP contribution in [0.15, 0.2) is 24.3 Å². The second-order valence-electron chi connectivity index (χ2n) is 3.42. The summed E-state index contributed by atoms with van der Waals surface area (Å²) in [7, 11) is 1.58. The highest BCUT2D eigenvalue weighted by Gasteiger charge is 2.15. The summed E-state index contributed by atoms with van der Waals surface area (Å²) < 4.78 is 0. The van der Waals surface area contributed by atoms with Crippen molar-refractivity contribution < 1.29 is 4.79 Å². The first-order chi connectivity index (χ1) is 7.19. The Morgan fingerprint density at radius 1 is 1.53 bits per heavy atom. The quantitative estimate of drug-likeness (QED) is 0.811. The van der Waals surface area contributed by atoms with Crippen molar-refractivity contribution in [1.82, 2.24) is 5.32 Å². The van der Waals surface area contributed by atoms with E-state index in [2.05, 4.69) is 11.4 Å². The van der Waals surface area contributed by atoms with E-state index in [4.69, 9.17) is 5.26 Å². The van der Waals surface area contributed by atoms with E-state index < -0.39 is 0 Å². The zero-order valence-corrected chi connectivity index (χ0v) is 8.95. The normalized spacial score (nSPS) is 11.5. The minimum absolute atomic E-state index is 0.107. The largest absolute Gasteiger partial charge is 0.359 e. The predicted octanol–water partition coefficient (Wildman–Crippen LogP) is 1.74. The van der Waals surface area contributed by atoms with Crippen LogP contribution in [0.2, 0.25) is 0 Å². The average Bonchev–Trinajstić information content (AvgIpc) is 2.26. The Bertz CT molecular complexity index is 393. The average molecular weight is 202 g/mol. The molecule has 0 fully saturated rings. The van der Waals surface area contributed by atoms with E-state index in [0.29, 0.717) is 0 Å². The number of nitrogens with one attached hydrogen (secondary N) is 1. The third-order valence-electron chi connectivity index (χ3n) is 2.39. The van der Waals surface area contributed by atoms with E-state index in [9.17, 15) is 4.79 Å². The number of carbonyl (C=O) groups is 1. The minimum atomic E-state index is -0.355. The van der Waals surface area contributed by atoms with Crippen LogP contribution in [0.3, 0.4) is 0 Å². The van der Waals surface area contributed by atoms with Crippen molar-refractivity contribution in [3.05, 3.63) is 35.4 Å². The van der Waals surface area contributed by atoms with Gasteiger partial charge in [-0.15, -0.1) is 0 Å². The van der Waals surface area contributed by atoms with Crippen LogP contribution in [0, 0.1) is 18.3 Å². The zero-order chi connectivity index (χ0) is 11.3. The lowest BCUT2D eigenvalue weighted by Gasteiger charge is -2.10. The van der Waals surface area contributed by atoms with Gasteiger partial charge in [-0.2, -0.15) is 5.26 Å². The maximum Gasteiger partial charge on any atom is 0.221 e. The molecule has 1 aromatic carbocycles. The molecular formula is C12H14N2O. The SMILES string of the molecule is CNC(=O)CC(C#N)c1ccccc1C. The molecule has 0 aliphatic carbocycles. The molecule has 1 atom stereocenters. The molecule has 1 rings (SSSR count). The van der Waals surface area contributed by atoms with Gasteiger partial charge in [0, 0.05) is 13.5 Å². The number of hydrogen-bond donors (Lipinski definition) is 1. The van der Waals surface area contributed by atoms with E-state index in [1.165, 1.54) is 0 Å². The molecule has 0 aromatic heterocycles. The van der Waals surface area contributed by atoms with Crippen LogP contribution in [0.25, 0.3) is 0 Å². The van der Waals surface area contributed by atoms with Gasteiger partial charge in [0.05, 0.1) is 12.0 Å². The number of carbonyl (C=O) groups excluding carboxylic acids is 1. The van der Waals surface area contributed by atoms with Crippen LogP contribution < -0.4 is 5.32 Å². The van der Waals surface area contributed by atoms with Crippen LogP contribution in [0.1, 0.15) is 23.5 Å². The molecule has 3 nitrogen and oxygen atoms in total. The Kier molecular flexibility index (Phi) is 3.87. The standard InChI is InChI=1S/C12H14N2O/c1-9-5-3-4-6-11(9)10(8-13)7-12(15)14-2/h3-6,10H,7H2,1-2H3,(H,14,15). The maximum absolute atomic E-state index is 11.2. The third kappa shape index (κ3) is 2.81. The number of nitriles is 1. The van der Waals surface area contributed by atoms with Crippen molar-refractivity contribution in [2.75, 3.05) is 7.05 Å². The van der Waals surface area contributed by atoms with E-state index >= 15 is 0 Å². The summed E-state index contributed by atoms with van der Waals surface area (Å²) in [5, 5.41) is 11.5. The minimum Gasteiger partial charge on any atom is -0.359 e. The van der Waals surface area contributed by atoms with E-state index in [0.717, 1.165) is 11.1 Å². The molecule has 1 unspecified atom stereocenters. The van der Waals surface area contributed by atoms with Gasteiger partial charge in [-0.3, -0.25) is 4.79 Å². The second-order valence-corrected chi connectivity index (χ2v) is 3.42. The number of nitrogens with zero attached hydrogens (tertiary/aromatic N) is 1. The summed E-state index contributed by atoms with van der Waals surface area (Å²) in [6, 6.07) is 9.82. The van der Waals surface area contributed by atoms with Gasteiger partial charge in [0.15, 0.2) is 0 Å². The Morgan fingerprint density at radius 2 is 2.20 bits per heavy atom. The van der Waals surface area contributed by atoms with E-state index in [1.54, 1.807) is 7.05 Å². The lowest BCUT2D eigenvalue weighted by molar-refractivity contribution is -0.120. The van der Waals surface area contributed by atoms with Gasteiger partial charge in [-0.25, -0.2) is 0 Å². The number of amides is 1. The molecule has 15 heavy (non-hydrogen) atoms. The van der Waals surface area contributed by atoms with Crippen molar-refractivity contribution in [2.45, 2.75) is 19.3 Å². The van der Waals surface area contributed by atoms with Crippen LogP contribution >= 0.6 is 0 Å². The Morgan fingerprint density at radius 3 is 2.73 bits per heavy atom. The fraction of sp³-hybridized carbons (Fsp3) is 0.333. The molecule has 1 amide bonds. The van der Waals surface area contributed by atoms with Crippen LogP contribution in [-0.4, -0.2) is 13.0 Å². The topological polar surface area (TPSA) is 52.9 Å². The molecule has 0 bridgehead atoms. The monoisotopic (exact) mass is 202 g/mol. The van der Waals surface area contributed by atoms with Gasteiger partial charge in [0.2, 0.25) is 5.91 Å². The van der Waals surface area contributed by atoms with Crippen molar-refractivity contribution in [3.63, 3.8) is 0 Å². The summed E-state index contributed by atoms with van der Waals surface area (Å²) in [5.41, 5.74) is 1.98. The molecule has 78 valence electrons. The number of benzene rings is 1. The molecule has 0 spiro atoms. The summed E-state index contributed by atoms with van der Waals surface area (Å²) in [4.78, 5) is 11.2. The lowest BCUT2D eigenvalue weighted by Crippen LogP contribution is -2.20. The number of rotatable bonds is 3. The van der Waals surface area contributed by atoms with Gasteiger partial charge >= 0.3 is 0 Å². The Hall–Kier alpha value is -1.82. The van der Waals surface area contributed by atoms with Crippen molar-refractivity contribution >= 4 is 5.91 Å². The van der Waals surface area contributed by atoms with Gasteiger partial charge in [-0.1, -0.05) is 24.3 Å². The molecule has 0 aliphatic rings. The lowest BCUT2D eigenvalue weighted by atomic mass is 9.93. The maximum atomic E-state index is 11.2. The molecule has 0 heterocycles. The van der Waals surface area contributed by atoms with Crippen LogP contribution in [0.4, 0.5) is 0 Å². The third-order valence-corrected chi connectivity index (χ3v) is 2.39. The Labute approximate surface area is 89.7 Å². The van der Waals surface area contributed by atoms with E-state index in [-0.39, 0.29) is 18.2 Å². The van der Waals surface area contributed by atoms with E-state index in [1.807, 2.05) is 31.2 Å². The summed E-state index contributed by atoms with van der Waals surface area (Å²) >= 11 is 0. The molecular weight excluding hydrogens is 188 g/mol. The highest BCUT2D eigenvalue weighted by atomic mass is 16.1. The summed E-state index contributed by atoms with van der Waals surface area (Å²) in [6.45, 7) is 1.95. The molecule has 0 saturated heterocycles. The van der Waals surface area contributed by atoms with Gasteiger partial charge < -0.3 is 5.32 Å². The fourth-order valence-corrected chi connectivity index (χ4v) is 1.49.